The van der Waals surface area contributed by atoms with Crippen molar-refractivity contribution in [3.8, 4) is 0 Å². The third-order valence-corrected chi connectivity index (χ3v) is 9.38. The minimum atomic E-state index is -0.370. The van der Waals surface area contributed by atoms with Crippen LogP contribution >= 0.6 is 11.6 Å². The number of piperidine rings is 1. The highest BCUT2D eigenvalue weighted by Crippen LogP contribution is 2.33. The molecule has 2 aromatic carbocycles. The van der Waals surface area contributed by atoms with Crippen molar-refractivity contribution in [1.82, 2.24) is 14.7 Å². The smallest absolute Gasteiger partial charge is 0.414 e. The maximum atomic E-state index is 13.4. The summed E-state index contributed by atoms with van der Waals surface area (Å²) in [5, 5.41) is 3.74. The molecule has 0 spiro atoms. The number of nitrogens with zero attached hydrogens (tertiary/aromatic N) is 4. The Bertz CT molecular complexity index is 1280. The Morgan fingerprint density at radius 2 is 1.69 bits per heavy atom. The number of benzene rings is 2. The summed E-state index contributed by atoms with van der Waals surface area (Å²) in [4.78, 5) is 46.2. The van der Waals surface area contributed by atoms with E-state index in [1.54, 1.807) is 16.7 Å². The number of hydrogen-bond donors (Lipinski definition) is 1. The van der Waals surface area contributed by atoms with E-state index in [1.807, 2.05) is 61.3 Å². The van der Waals surface area contributed by atoms with E-state index in [0.717, 1.165) is 61.6 Å². The van der Waals surface area contributed by atoms with Crippen LogP contribution in [0.25, 0.3) is 0 Å². The van der Waals surface area contributed by atoms with Crippen molar-refractivity contribution in [3.63, 3.8) is 0 Å². The van der Waals surface area contributed by atoms with Gasteiger partial charge in [0.15, 0.2) is 0 Å². The second-order valence-electron chi connectivity index (χ2n) is 11.8. The van der Waals surface area contributed by atoms with Gasteiger partial charge in [-0.15, -0.1) is 0 Å². The van der Waals surface area contributed by atoms with E-state index < -0.39 is 0 Å². The number of nitrogens with one attached hydrogen (secondary N) is 1. The van der Waals surface area contributed by atoms with Crippen LogP contribution in [0.15, 0.2) is 42.5 Å². The summed E-state index contributed by atoms with van der Waals surface area (Å²) < 4.78 is 5.93. The average molecular weight is 596 g/mol. The highest BCUT2D eigenvalue weighted by Gasteiger charge is 2.41. The number of fused-ring (bicyclic) bond motifs is 1. The summed E-state index contributed by atoms with van der Waals surface area (Å²) >= 11 is 6.43. The molecule has 3 fully saturated rings. The van der Waals surface area contributed by atoms with Crippen LogP contribution < -0.4 is 10.2 Å². The quantitative estimate of drug-likeness (QED) is 0.475. The predicted octanol–water partition coefficient (Wildman–Crippen LogP) is 4.74. The zero-order valence-corrected chi connectivity index (χ0v) is 25.6. The van der Waals surface area contributed by atoms with Crippen LogP contribution in [0.5, 0.6) is 0 Å². The van der Waals surface area contributed by atoms with Crippen molar-refractivity contribution in [2.24, 2.45) is 11.8 Å². The van der Waals surface area contributed by atoms with Gasteiger partial charge in [-0.05, 0) is 61.6 Å². The Labute approximate surface area is 253 Å². The maximum absolute atomic E-state index is 13.4. The van der Waals surface area contributed by atoms with Gasteiger partial charge < -0.3 is 24.8 Å². The maximum Gasteiger partial charge on any atom is 0.414 e. The number of amides is 3. The van der Waals surface area contributed by atoms with Gasteiger partial charge in [0.2, 0.25) is 5.91 Å². The fourth-order valence-corrected chi connectivity index (χ4v) is 6.69. The Balaban J connectivity index is 1.14. The molecule has 2 unspecified atom stereocenters. The van der Waals surface area contributed by atoms with E-state index in [9.17, 15) is 14.4 Å². The standard InChI is InChI=1S/C32H42ClN5O4/c1-22-9-10-26(17-29(22)33)38(32(41)42-27-11-15-36(16-12-27)23(2)39)14-6-13-35-18-24-20-37(21-25(24)19-35)31(40)28-7-4-5-8-30(28)34-3/h4-5,7-10,17,24-25,27,34H,6,11-16,18-21H2,1-3H3. The lowest BCUT2D eigenvalue weighted by molar-refractivity contribution is -0.130. The molecule has 3 saturated heterocycles. The van der Waals surface area contributed by atoms with Crippen molar-refractivity contribution in [1.29, 1.82) is 0 Å². The van der Waals surface area contributed by atoms with Crippen LogP contribution in [-0.4, -0.2) is 98.1 Å². The van der Waals surface area contributed by atoms with Gasteiger partial charge in [0.05, 0.1) is 5.56 Å². The van der Waals surface area contributed by atoms with E-state index in [1.165, 1.54) is 0 Å². The van der Waals surface area contributed by atoms with E-state index in [0.29, 0.717) is 49.3 Å². The van der Waals surface area contributed by atoms with Gasteiger partial charge in [0.25, 0.3) is 5.91 Å². The van der Waals surface area contributed by atoms with Crippen LogP contribution in [0.3, 0.4) is 0 Å². The topological polar surface area (TPSA) is 85.4 Å². The molecule has 3 heterocycles. The second kappa shape index (κ2) is 13.3. The van der Waals surface area contributed by atoms with Crippen molar-refractivity contribution >= 4 is 40.9 Å². The SMILES string of the molecule is CNc1ccccc1C(=O)N1CC2CN(CCCN(C(=O)OC3CCN(C(C)=O)CC3)c3ccc(C)c(Cl)c3)CC2C1. The fourth-order valence-electron chi connectivity index (χ4n) is 6.52. The number of anilines is 2. The lowest BCUT2D eigenvalue weighted by Crippen LogP contribution is -2.43. The second-order valence-corrected chi connectivity index (χ2v) is 12.2. The molecule has 9 nitrogen and oxygen atoms in total. The van der Waals surface area contributed by atoms with Crippen molar-refractivity contribution < 1.29 is 19.1 Å². The lowest BCUT2D eigenvalue weighted by atomic mass is 10.0. The van der Waals surface area contributed by atoms with Crippen LogP contribution in [0.1, 0.15) is 42.1 Å². The summed E-state index contributed by atoms with van der Waals surface area (Å²) in [5.74, 6) is 1.08. The van der Waals surface area contributed by atoms with Gasteiger partial charge in [0, 0.05) is 89.0 Å². The Morgan fingerprint density at radius 3 is 2.33 bits per heavy atom. The number of ether oxygens (including phenoxy) is 1. The summed E-state index contributed by atoms with van der Waals surface area (Å²) in [6, 6.07) is 13.3. The number of hydrogen-bond acceptors (Lipinski definition) is 6. The molecule has 5 rings (SSSR count). The molecule has 1 N–H and O–H groups in total. The van der Waals surface area contributed by atoms with E-state index >= 15 is 0 Å². The van der Waals surface area contributed by atoms with Gasteiger partial charge in [-0.3, -0.25) is 14.5 Å². The number of halogens is 1. The monoisotopic (exact) mass is 595 g/mol. The van der Waals surface area contributed by atoms with Crippen molar-refractivity contribution in [2.45, 2.75) is 39.2 Å². The molecule has 3 aliphatic rings. The molecule has 2 atom stereocenters. The number of rotatable bonds is 8. The van der Waals surface area contributed by atoms with Gasteiger partial charge in [0.1, 0.15) is 6.10 Å². The summed E-state index contributed by atoms with van der Waals surface area (Å²) in [6.07, 6.45) is 1.50. The first-order chi connectivity index (χ1) is 20.2. The predicted molar refractivity (Wildman–Crippen MR) is 165 cm³/mol. The average Bonchev–Trinajstić information content (AvgIpc) is 3.56. The first-order valence-electron chi connectivity index (χ1n) is 15.0. The first kappa shape index (κ1) is 30.2. The summed E-state index contributed by atoms with van der Waals surface area (Å²) in [7, 11) is 1.84. The Kier molecular flexibility index (Phi) is 9.58. The molecular weight excluding hydrogens is 554 g/mol. The van der Waals surface area contributed by atoms with Crippen LogP contribution in [0, 0.1) is 18.8 Å². The Morgan fingerprint density at radius 1 is 1.00 bits per heavy atom. The van der Waals surface area contributed by atoms with Gasteiger partial charge in [-0.2, -0.15) is 0 Å². The molecule has 0 aromatic heterocycles. The number of likely N-dealkylation sites (tertiary alicyclic amines) is 3. The third kappa shape index (κ3) is 6.84. The summed E-state index contributed by atoms with van der Waals surface area (Å²) in [5.41, 5.74) is 3.27. The highest BCUT2D eigenvalue weighted by atomic mass is 35.5. The summed E-state index contributed by atoms with van der Waals surface area (Å²) in [6.45, 7) is 9.57. The molecule has 226 valence electrons. The fraction of sp³-hybridized carbons (Fsp3) is 0.531. The van der Waals surface area contributed by atoms with Crippen LogP contribution in [0.2, 0.25) is 5.02 Å². The zero-order chi connectivity index (χ0) is 29.8. The number of para-hydroxylation sites is 1. The zero-order valence-electron chi connectivity index (χ0n) is 24.9. The molecule has 2 aromatic rings. The van der Waals surface area contributed by atoms with Crippen LogP contribution in [-0.2, 0) is 9.53 Å². The molecule has 42 heavy (non-hydrogen) atoms. The molecule has 3 aliphatic heterocycles. The molecule has 0 saturated carbocycles. The largest absolute Gasteiger partial charge is 0.446 e. The van der Waals surface area contributed by atoms with Crippen LogP contribution in [0.4, 0.5) is 16.2 Å². The molecule has 0 bridgehead atoms. The van der Waals surface area contributed by atoms with Gasteiger partial charge in [-0.1, -0.05) is 29.8 Å². The van der Waals surface area contributed by atoms with Gasteiger partial charge >= 0.3 is 6.09 Å². The minimum absolute atomic E-state index is 0.0557. The van der Waals surface area contributed by atoms with Crippen molar-refractivity contribution in [2.75, 3.05) is 69.6 Å². The Hall–Kier alpha value is -3.30. The number of carbonyl (C=O) groups is 3. The molecule has 10 heteroatoms. The molecule has 3 amide bonds. The normalized spacial score (nSPS) is 20.9. The van der Waals surface area contributed by atoms with Gasteiger partial charge in [-0.25, -0.2) is 4.79 Å². The lowest BCUT2D eigenvalue weighted by Gasteiger charge is -2.32. The van der Waals surface area contributed by atoms with E-state index in [4.69, 9.17) is 16.3 Å². The first-order valence-corrected chi connectivity index (χ1v) is 15.4. The van der Waals surface area contributed by atoms with E-state index in [-0.39, 0.29) is 24.0 Å². The number of aryl methyl sites for hydroxylation is 1. The minimum Gasteiger partial charge on any atom is -0.446 e. The molecule has 0 aliphatic carbocycles. The van der Waals surface area contributed by atoms with Crippen molar-refractivity contribution in [3.05, 3.63) is 58.6 Å². The third-order valence-electron chi connectivity index (χ3n) is 8.97. The molecular formula is C32H42ClN5O4. The highest BCUT2D eigenvalue weighted by molar-refractivity contribution is 6.31. The molecule has 0 radical (unpaired) electrons. The van der Waals surface area contributed by atoms with E-state index in [2.05, 4.69) is 10.2 Å². The number of carbonyl (C=O) groups excluding carboxylic acids is 3.